The molecule has 1 aliphatic heterocycles. The van der Waals surface area contributed by atoms with Gasteiger partial charge < -0.3 is 15.2 Å². The molecule has 24 heavy (non-hydrogen) atoms. The predicted molar refractivity (Wildman–Crippen MR) is 85.5 cm³/mol. The fraction of sp³-hybridized carbons (Fsp3) is 0.167. The number of aliphatic hydroxyl groups is 1. The van der Waals surface area contributed by atoms with Crippen molar-refractivity contribution in [2.24, 2.45) is 0 Å². The number of fused-ring (bicyclic) bond motifs is 1. The van der Waals surface area contributed by atoms with E-state index in [-0.39, 0.29) is 17.9 Å². The van der Waals surface area contributed by atoms with Crippen LogP contribution >= 0.6 is 0 Å². The average molecular weight is 322 g/mol. The lowest BCUT2D eigenvalue weighted by Gasteiger charge is -2.20. The number of nitriles is 1. The smallest absolute Gasteiger partial charge is 0.261 e. The molecule has 1 heterocycles. The molecule has 6 nitrogen and oxygen atoms in total. The molecule has 1 amide bonds. The highest BCUT2D eigenvalue weighted by molar-refractivity contribution is 6.09. The van der Waals surface area contributed by atoms with Crippen molar-refractivity contribution < 1.29 is 19.4 Å². The lowest BCUT2D eigenvalue weighted by molar-refractivity contribution is -0.133. The first-order chi connectivity index (χ1) is 11.6. The highest BCUT2D eigenvalue weighted by Crippen LogP contribution is 2.39. The van der Waals surface area contributed by atoms with Gasteiger partial charge in [0, 0.05) is 11.3 Å². The van der Waals surface area contributed by atoms with Gasteiger partial charge in [-0.2, -0.15) is 5.26 Å². The Labute approximate surface area is 138 Å². The highest BCUT2D eigenvalue weighted by atomic mass is 16.5. The summed E-state index contributed by atoms with van der Waals surface area (Å²) in [5.41, 5.74) is -0.834. The number of hydrogen-bond donors (Lipinski definition) is 2. The molecule has 1 atom stereocenters. The van der Waals surface area contributed by atoms with E-state index in [1.54, 1.807) is 42.5 Å². The quantitative estimate of drug-likeness (QED) is 0.820. The number of anilines is 1. The van der Waals surface area contributed by atoms with Gasteiger partial charge in [0.2, 0.25) is 0 Å². The molecular weight excluding hydrogens is 308 g/mol. The van der Waals surface area contributed by atoms with Crippen LogP contribution in [-0.2, 0) is 10.4 Å². The predicted octanol–water partition coefficient (Wildman–Crippen LogP) is 2.00. The van der Waals surface area contributed by atoms with E-state index in [2.05, 4.69) is 5.32 Å². The molecule has 0 aromatic heterocycles. The van der Waals surface area contributed by atoms with Gasteiger partial charge in [-0.3, -0.25) is 9.59 Å². The summed E-state index contributed by atoms with van der Waals surface area (Å²) in [7, 11) is 0. The topological polar surface area (TPSA) is 99.4 Å². The first kappa shape index (κ1) is 15.7. The number of carbonyl (C=O) groups is 2. The number of amides is 1. The van der Waals surface area contributed by atoms with Crippen molar-refractivity contribution >= 4 is 17.4 Å². The van der Waals surface area contributed by atoms with Gasteiger partial charge in [-0.15, -0.1) is 0 Å². The van der Waals surface area contributed by atoms with Gasteiger partial charge in [-0.1, -0.05) is 30.3 Å². The Morgan fingerprint density at radius 2 is 1.92 bits per heavy atom. The number of hydrogen-bond acceptors (Lipinski definition) is 5. The summed E-state index contributed by atoms with van der Waals surface area (Å²) in [6.45, 7) is -0.197. The summed E-state index contributed by atoms with van der Waals surface area (Å²) in [6, 6.07) is 15.0. The van der Waals surface area contributed by atoms with Crippen LogP contribution in [0.2, 0.25) is 0 Å². The molecule has 2 aromatic rings. The maximum absolute atomic E-state index is 12.6. The third-order valence-corrected chi connectivity index (χ3v) is 3.89. The number of para-hydroxylation sites is 2. The van der Waals surface area contributed by atoms with Gasteiger partial charge in [0.15, 0.2) is 18.0 Å². The zero-order valence-electron chi connectivity index (χ0n) is 12.7. The number of benzene rings is 2. The van der Waals surface area contributed by atoms with Crippen LogP contribution in [0, 0.1) is 11.3 Å². The molecule has 0 saturated heterocycles. The number of ketones is 1. The number of nitrogens with zero attached hydrogens (tertiary/aromatic N) is 1. The first-order valence-corrected chi connectivity index (χ1v) is 7.31. The lowest BCUT2D eigenvalue weighted by atomic mass is 9.88. The van der Waals surface area contributed by atoms with E-state index in [0.29, 0.717) is 11.3 Å². The molecule has 0 unspecified atom stereocenters. The van der Waals surface area contributed by atoms with E-state index in [9.17, 15) is 14.7 Å². The van der Waals surface area contributed by atoms with Crippen molar-refractivity contribution in [1.29, 1.82) is 5.26 Å². The molecule has 0 aliphatic carbocycles. The zero-order chi connectivity index (χ0) is 17.2. The van der Waals surface area contributed by atoms with E-state index in [0.717, 1.165) is 0 Å². The summed E-state index contributed by atoms with van der Waals surface area (Å²) in [6.07, 6.45) is -0.414. The molecule has 0 fully saturated rings. The van der Waals surface area contributed by atoms with Gasteiger partial charge in [-0.05, 0) is 18.2 Å². The molecule has 2 aromatic carbocycles. The fourth-order valence-electron chi connectivity index (χ4n) is 2.74. The number of Topliss-reactive ketones (excluding diaryl/α,β-unsaturated/α-hetero) is 1. The van der Waals surface area contributed by atoms with Crippen molar-refractivity contribution in [3.63, 3.8) is 0 Å². The van der Waals surface area contributed by atoms with Crippen LogP contribution < -0.4 is 10.1 Å². The normalized spacial score (nSPS) is 18.4. The van der Waals surface area contributed by atoms with E-state index in [4.69, 9.17) is 10.00 Å². The molecule has 0 saturated carbocycles. The summed E-state index contributed by atoms with van der Waals surface area (Å²) in [5, 5.41) is 22.0. The van der Waals surface area contributed by atoms with Crippen molar-refractivity contribution in [3.05, 3.63) is 59.7 Å². The van der Waals surface area contributed by atoms with E-state index >= 15 is 0 Å². The highest BCUT2D eigenvalue weighted by Gasteiger charge is 2.46. The number of ether oxygens (including phenoxy) is 1. The van der Waals surface area contributed by atoms with E-state index in [1.165, 1.54) is 6.07 Å². The Hall–Kier alpha value is -3.17. The zero-order valence-corrected chi connectivity index (χ0v) is 12.7. The summed E-state index contributed by atoms with van der Waals surface area (Å²) in [4.78, 5) is 24.8. The van der Waals surface area contributed by atoms with E-state index < -0.39 is 23.7 Å². The van der Waals surface area contributed by atoms with Crippen LogP contribution in [0.5, 0.6) is 5.75 Å². The van der Waals surface area contributed by atoms with Crippen LogP contribution in [0.25, 0.3) is 0 Å². The van der Waals surface area contributed by atoms with Gasteiger partial charge in [0.1, 0.15) is 11.8 Å². The minimum atomic E-state index is -1.92. The minimum Gasteiger partial charge on any atom is -0.478 e. The third kappa shape index (κ3) is 2.62. The van der Waals surface area contributed by atoms with Crippen LogP contribution in [0.1, 0.15) is 22.3 Å². The number of carbonyl (C=O) groups excluding carboxylic acids is 2. The summed E-state index contributed by atoms with van der Waals surface area (Å²) >= 11 is 0. The van der Waals surface area contributed by atoms with Gasteiger partial charge in [0.25, 0.3) is 5.91 Å². The molecule has 0 bridgehead atoms. The Morgan fingerprint density at radius 1 is 1.21 bits per heavy atom. The Morgan fingerprint density at radius 3 is 2.71 bits per heavy atom. The Bertz CT molecular complexity index is 856. The second kappa shape index (κ2) is 6.14. The van der Waals surface area contributed by atoms with Crippen LogP contribution in [0.15, 0.2) is 48.5 Å². The minimum absolute atomic E-state index is 0.197. The number of nitrogens with one attached hydrogen (secondary N) is 1. The van der Waals surface area contributed by atoms with Gasteiger partial charge in [-0.25, -0.2) is 0 Å². The monoisotopic (exact) mass is 322 g/mol. The van der Waals surface area contributed by atoms with Crippen molar-refractivity contribution in [2.75, 3.05) is 11.9 Å². The van der Waals surface area contributed by atoms with Crippen LogP contribution in [0.4, 0.5) is 5.69 Å². The molecule has 0 spiro atoms. The second-order valence-electron chi connectivity index (χ2n) is 5.40. The average Bonchev–Trinajstić information content (AvgIpc) is 2.84. The van der Waals surface area contributed by atoms with E-state index in [1.807, 2.05) is 6.07 Å². The molecular formula is C18H14N2O4. The molecule has 2 N–H and O–H groups in total. The Balaban J connectivity index is 1.91. The number of rotatable bonds is 5. The second-order valence-corrected chi connectivity index (χ2v) is 5.40. The standard InChI is InChI=1S/C18H14N2O4/c19-9-10-24-16-8-4-1-5-12(16)15(21)11-18(23)13-6-2-3-7-14(13)20-17(18)22/h1-8,23H,10-11H2,(H,20,22)/t18-/m0/s1. The largest absolute Gasteiger partial charge is 0.478 e. The Kier molecular flexibility index (Phi) is 4.02. The fourth-order valence-corrected chi connectivity index (χ4v) is 2.74. The van der Waals surface area contributed by atoms with Crippen LogP contribution in [0.3, 0.4) is 0 Å². The lowest BCUT2D eigenvalue weighted by Crippen LogP contribution is -2.36. The van der Waals surface area contributed by atoms with Crippen molar-refractivity contribution in [3.8, 4) is 11.8 Å². The first-order valence-electron chi connectivity index (χ1n) is 7.31. The maximum atomic E-state index is 12.6. The molecule has 120 valence electrons. The van der Waals surface area contributed by atoms with Crippen LogP contribution in [-0.4, -0.2) is 23.4 Å². The molecule has 6 heteroatoms. The van der Waals surface area contributed by atoms with Gasteiger partial charge >= 0.3 is 0 Å². The maximum Gasteiger partial charge on any atom is 0.261 e. The molecule has 1 aliphatic rings. The van der Waals surface area contributed by atoms with Crippen molar-refractivity contribution in [1.82, 2.24) is 0 Å². The molecule has 3 rings (SSSR count). The summed E-state index contributed by atoms with van der Waals surface area (Å²) in [5.74, 6) is -0.829. The SMILES string of the molecule is N#CCOc1ccccc1C(=O)C[C@@]1(O)C(=O)Nc2ccccc21. The summed E-state index contributed by atoms with van der Waals surface area (Å²) < 4.78 is 5.24. The van der Waals surface area contributed by atoms with Gasteiger partial charge in [0.05, 0.1) is 12.0 Å². The van der Waals surface area contributed by atoms with Crippen molar-refractivity contribution in [2.45, 2.75) is 12.0 Å². The third-order valence-electron chi connectivity index (χ3n) is 3.89. The molecule has 0 radical (unpaired) electrons.